The van der Waals surface area contributed by atoms with Gasteiger partial charge in [-0.15, -0.1) is 0 Å². The lowest BCUT2D eigenvalue weighted by molar-refractivity contribution is 0.596. The van der Waals surface area contributed by atoms with Crippen LogP contribution in [-0.2, 0) is 0 Å². The van der Waals surface area contributed by atoms with Crippen LogP contribution in [0.3, 0.4) is 0 Å². The standard InChI is InChI=1S/C12H24N2/c1-6-8-13-11(4)9-12(5)14-10(3)7-2/h9-10,14H,6-8H2,1-5H3. The number of rotatable bonds is 6. The first kappa shape index (κ1) is 13.2. The first-order valence-electron chi connectivity index (χ1n) is 5.56. The lowest BCUT2D eigenvalue weighted by Crippen LogP contribution is -2.23. The Bertz CT molecular complexity index is 204. The molecule has 0 aliphatic carbocycles. The van der Waals surface area contributed by atoms with Crippen LogP contribution in [0.15, 0.2) is 16.8 Å². The van der Waals surface area contributed by atoms with Crippen LogP contribution in [0.1, 0.15) is 47.5 Å². The Hall–Kier alpha value is -0.790. The molecule has 82 valence electrons. The molecular formula is C12H24N2. The van der Waals surface area contributed by atoms with E-state index in [9.17, 15) is 0 Å². The zero-order chi connectivity index (χ0) is 11.0. The molecule has 0 bridgehead atoms. The number of hydrogen-bond acceptors (Lipinski definition) is 2. The van der Waals surface area contributed by atoms with E-state index in [1.165, 1.54) is 5.70 Å². The summed E-state index contributed by atoms with van der Waals surface area (Å²) in [5.41, 5.74) is 2.32. The van der Waals surface area contributed by atoms with Crippen molar-refractivity contribution in [3.8, 4) is 0 Å². The van der Waals surface area contributed by atoms with Gasteiger partial charge in [-0.3, -0.25) is 4.99 Å². The number of hydrogen-bond donors (Lipinski definition) is 1. The molecule has 2 heteroatoms. The van der Waals surface area contributed by atoms with Gasteiger partial charge in [0, 0.05) is 24.0 Å². The smallest absolute Gasteiger partial charge is 0.0389 e. The summed E-state index contributed by atoms with van der Waals surface area (Å²) in [6.07, 6.45) is 4.38. The summed E-state index contributed by atoms with van der Waals surface area (Å²) in [4.78, 5) is 4.42. The molecule has 2 nitrogen and oxygen atoms in total. The average Bonchev–Trinajstić information content (AvgIpc) is 2.14. The number of nitrogens with one attached hydrogen (secondary N) is 1. The topological polar surface area (TPSA) is 24.4 Å². The molecule has 0 aromatic heterocycles. The van der Waals surface area contributed by atoms with E-state index in [-0.39, 0.29) is 0 Å². The van der Waals surface area contributed by atoms with Crippen LogP contribution in [0.4, 0.5) is 0 Å². The molecule has 0 fully saturated rings. The summed E-state index contributed by atoms with van der Waals surface area (Å²) in [6.45, 7) is 11.6. The van der Waals surface area contributed by atoms with Crippen LogP contribution < -0.4 is 5.32 Å². The van der Waals surface area contributed by atoms with Crippen molar-refractivity contribution in [1.82, 2.24) is 5.32 Å². The summed E-state index contributed by atoms with van der Waals surface area (Å²) in [5, 5.41) is 3.42. The van der Waals surface area contributed by atoms with Crippen LogP contribution in [0.2, 0.25) is 0 Å². The van der Waals surface area contributed by atoms with Gasteiger partial charge in [-0.25, -0.2) is 0 Å². The first-order chi connectivity index (χ1) is 6.60. The minimum Gasteiger partial charge on any atom is -0.386 e. The third kappa shape index (κ3) is 6.70. The Labute approximate surface area is 88.5 Å². The lowest BCUT2D eigenvalue weighted by atomic mass is 10.2. The van der Waals surface area contributed by atoms with Gasteiger partial charge in [-0.2, -0.15) is 0 Å². The predicted octanol–water partition coefficient (Wildman–Crippen LogP) is 3.15. The van der Waals surface area contributed by atoms with Crippen LogP contribution in [0, 0.1) is 0 Å². The summed E-state index contributed by atoms with van der Waals surface area (Å²) >= 11 is 0. The summed E-state index contributed by atoms with van der Waals surface area (Å²) in [5.74, 6) is 0. The van der Waals surface area contributed by atoms with E-state index in [1.807, 2.05) is 0 Å². The van der Waals surface area contributed by atoms with E-state index in [0.29, 0.717) is 6.04 Å². The van der Waals surface area contributed by atoms with Gasteiger partial charge < -0.3 is 5.32 Å². The molecule has 0 aliphatic rings. The summed E-state index contributed by atoms with van der Waals surface area (Å²) in [6, 6.07) is 0.547. The van der Waals surface area contributed by atoms with E-state index in [4.69, 9.17) is 0 Å². The van der Waals surface area contributed by atoms with Gasteiger partial charge in [0.2, 0.25) is 0 Å². The van der Waals surface area contributed by atoms with Gasteiger partial charge >= 0.3 is 0 Å². The maximum absolute atomic E-state index is 4.42. The summed E-state index contributed by atoms with van der Waals surface area (Å²) < 4.78 is 0. The molecule has 1 atom stereocenters. The maximum atomic E-state index is 4.42. The van der Waals surface area contributed by atoms with Crippen molar-refractivity contribution >= 4 is 5.71 Å². The first-order valence-corrected chi connectivity index (χ1v) is 5.56. The average molecular weight is 196 g/mol. The van der Waals surface area contributed by atoms with Crippen molar-refractivity contribution in [2.75, 3.05) is 6.54 Å². The second-order valence-electron chi connectivity index (χ2n) is 3.80. The van der Waals surface area contributed by atoms with Crippen molar-refractivity contribution in [3.63, 3.8) is 0 Å². The fourth-order valence-corrected chi connectivity index (χ4v) is 1.18. The molecule has 0 saturated heterocycles. The molecule has 1 N–H and O–H groups in total. The fourth-order valence-electron chi connectivity index (χ4n) is 1.18. The van der Waals surface area contributed by atoms with Crippen LogP contribution in [0.25, 0.3) is 0 Å². The molecule has 0 aliphatic heterocycles. The van der Waals surface area contributed by atoms with Crippen molar-refractivity contribution in [1.29, 1.82) is 0 Å². The number of nitrogens with zero attached hydrogens (tertiary/aromatic N) is 1. The molecule has 1 unspecified atom stereocenters. The van der Waals surface area contributed by atoms with Crippen molar-refractivity contribution in [2.24, 2.45) is 4.99 Å². The zero-order valence-electron chi connectivity index (χ0n) is 10.2. The monoisotopic (exact) mass is 196 g/mol. The highest BCUT2D eigenvalue weighted by atomic mass is 14.9. The van der Waals surface area contributed by atoms with Crippen molar-refractivity contribution in [3.05, 3.63) is 11.8 Å². The maximum Gasteiger partial charge on any atom is 0.0389 e. The molecular weight excluding hydrogens is 172 g/mol. The minimum atomic E-state index is 0.547. The SMILES string of the molecule is CCCN=C(C)C=C(C)NC(C)CC. The van der Waals surface area contributed by atoms with Crippen molar-refractivity contribution in [2.45, 2.75) is 53.5 Å². The van der Waals surface area contributed by atoms with Crippen molar-refractivity contribution < 1.29 is 0 Å². The quantitative estimate of drug-likeness (QED) is 0.648. The highest BCUT2D eigenvalue weighted by Crippen LogP contribution is 1.96. The Morgan fingerprint density at radius 2 is 2.00 bits per heavy atom. The highest BCUT2D eigenvalue weighted by Gasteiger charge is 1.96. The normalized spacial score (nSPS) is 15.5. The molecule has 0 amide bonds. The van der Waals surface area contributed by atoms with Gasteiger partial charge in [0.1, 0.15) is 0 Å². The van der Waals surface area contributed by atoms with Gasteiger partial charge in [0.25, 0.3) is 0 Å². The van der Waals surface area contributed by atoms with E-state index in [1.54, 1.807) is 0 Å². The van der Waals surface area contributed by atoms with Gasteiger partial charge in [-0.05, 0) is 39.7 Å². The molecule has 0 heterocycles. The van der Waals surface area contributed by atoms with E-state index in [2.05, 4.69) is 51.0 Å². The fraction of sp³-hybridized carbons (Fsp3) is 0.750. The zero-order valence-corrected chi connectivity index (χ0v) is 10.2. The highest BCUT2D eigenvalue weighted by molar-refractivity contribution is 5.93. The van der Waals surface area contributed by atoms with Crippen LogP contribution in [0.5, 0.6) is 0 Å². The Kier molecular flexibility index (Phi) is 7.17. The second-order valence-corrected chi connectivity index (χ2v) is 3.80. The Balaban J connectivity index is 4.08. The second kappa shape index (κ2) is 7.60. The van der Waals surface area contributed by atoms with E-state index < -0.39 is 0 Å². The van der Waals surface area contributed by atoms with Crippen LogP contribution in [-0.4, -0.2) is 18.3 Å². The third-order valence-corrected chi connectivity index (χ3v) is 2.10. The predicted molar refractivity (Wildman–Crippen MR) is 64.9 cm³/mol. The third-order valence-electron chi connectivity index (χ3n) is 2.10. The molecule has 0 aromatic rings. The van der Waals surface area contributed by atoms with E-state index >= 15 is 0 Å². The van der Waals surface area contributed by atoms with Crippen LogP contribution >= 0.6 is 0 Å². The number of aliphatic imine (C=N–C) groups is 1. The molecule has 0 spiro atoms. The van der Waals surface area contributed by atoms with Gasteiger partial charge in [0.05, 0.1) is 0 Å². The molecule has 0 radical (unpaired) electrons. The molecule has 14 heavy (non-hydrogen) atoms. The van der Waals surface area contributed by atoms with Gasteiger partial charge in [0.15, 0.2) is 0 Å². The molecule has 0 aromatic carbocycles. The van der Waals surface area contributed by atoms with Gasteiger partial charge in [-0.1, -0.05) is 13.8 Å². The van der Waals surface area contributed by atoms with E-state index in [0.717, 1.165) is 25.1 Å². The summed E-state index contributed by atoms with van der Waals surface area (Å²) in [7, 11) is 0. The lowest BCUT2D eigenvalue weighted by Gasteiger charge is -2.12. The largest absolute Gasteiger partial charge is 0.386 e. The molecule has 0 saturated carbocycles. The Morgan fingerprint density at radius 3 is 2.50 bits per heavy atom. The molecule has 0 rings (SSSR count). The number of allylic oxidation sites excluding steroid dienone is 2. The minimum absolute atomic E-state index is 0.547. The Morgan fingerprint density at radius 1 is 1.36 bits per heavy atom.